The molecule has 0 amide bonds. The summed E-state index contributed by atoms with van der Waals surface area (Å²) in [7, 11) is 4.64. The Labute approximate surface area is 95.1 Å². The zero-order chi connectivity index (χ0) is 2.00. The number of hydrogen-bond donors (Lipinski definition) is 5. The van der Waals surface area contributed by atoms with E-state index in [2.05, 4.69) is 9.58 Å². The van der Waals surface area contributed by atoms with E-state index >= 15 is 0 Å². The van der Waals surface area contributed by atoms with Gasteiger partial charge >= 0.3 is 27.5 Å². The summed E-state index contributed by atoms with van der Waals surface area (Å²) in [4.78, 5) is 0. The van der Waals surface area contributed by atoms with Crippen molar-refractivity contribution in [3.05, 3.63) is 0 Å². The van der Waals surface area contributed by atoms with Gasteiger partial charge in [0.25, 0.3) is 0 Å². The molecule has 0 fully saturated rings. The predicted octanol–water partition coefficient (Wildman–Crippen LogP) is -7.49. The van der Waals surface area contributed by atoms with Crippen molar-refractivity contribution >= 4 is 9.58 Å². The molecule has 0 aliphatic heterocycles. The fourth-order valence-corrected chi connectivity index (χ4v) is 0. The van der Waals surface area contributed by atoms with Crippen LogP contribution >= 0.6 is 9.58 Å². The SMILES string of the molecule is N.N.N.N.N.[Cl-].[Cl-].[Cl-].[Cl][Ir+3]. The quantitative estimate of drug-likeness (QED) is 0.262. The maximum absolute atomic E-state index is 4.64. The van der Waals surface area contributed by atoms with Gasteiger partial charge in [-0.2, -0.15) is 0 Å². The molecule has 0 aromatic rings. The zero-order valence-electron chi connectivity index (χ0n) is 5.38. The summed E-state index contributed by atoms with van der Waals surface area (Å²) in [5, 5.41) is 0. The van der Waals surface area contributed by atoms with Gasteiger partial charge < -0.3 is 68.0 Å². The van der Waals surface area contributed by atoms with Gasteiger partial charge in [-0.3, -0.25) is 0 Å². The summed E-state index contributed by atoms with van der Waals surface area (Å²) in [5.74, 6) is 0. The van der Waals surface area contributed by atoms with Crippen LogP contribution in [0, 0.1) is 0 Å². The Morgan fingerprint density at radius 1 is 0.500 bits per heavy atom. The zero-order valence-corrected chi connectivity index (χ0v) is 10.8. The van der Waals surface area contributed by atoms with Gasteiger partial charge in [-0.25, -0.2) is 0 Å². The molecular formula is H15Cl4IrN5. The molecule has 0 atom stereocenters. The molecule has 0 saturated carbocycles. The van der Waals surface area contributed by atoms with Crippen molar-refractivity contribution in [3.8, 4) is 0 Å². The maximum atomic E-state index is 4.64. The molecule has 15 N–H and O–H groups in total. The Balaban J connectivity index is -0.000000000179. The molecule has 0 rings (SSSR count). The molecule has 0 aromatic carbocycles. The molecule has 0 saturated heterocycles. The van der Waals surface area contributed by atoms with Crippen molar-refractivity contribution in [1.82, 2.24) is 30.8 Å². The Morgan fingerprint density at radius 3 is 0.500 bits per heavy atom. The molecule has 0 aliphatic carbocycles. The molecule has 0 radical (unpaired) electrons. The summed E-state index contributed by atoms with van der Waals surface area (Å²) in [6.45, 7) is 0. The van der Waals surface area contributed by atoms with E-state index in [9.17, 15) is 0 Å². The summed E-state index contributed by atoms with van der Waals surface area (Å²) in [5.41, 5.74) is 0. The van der Waals surface area contributed by atoms with E-state index in [4.69, 9.17) is 0 Å². The Morgan fingerprint density at radius 2 is 0.500 bits per heavy atom. The second-order valence-corrected chi connectivity index (χ2v) is 0. The van der Waals surface area contributed by atoms with Gasteiger partial charge in [0.15, 0.2) is 0 Å². The number of halogens is 4. The van der Waals surface area contributed by atoms with Crippen molar-refractivity contribution in [3.63, 3.8) is 0 Å². The second kappa shape index (κ2) is 378. The van der Waals surface area contributed by atoms with Crippen LogP contribution in [0.2, 0.25) is 0 Å². The van der Waals surface area contributed by atoms with Crippen LogP contribution in [0.1, 0.15) is 0 Å². The molecule has 5 nitrogen and oxygen atoms in total. The molecule has 0 spiro atoms. The third-order valence-electron chi connectivity index (χ3n) is 0. The average Bonchev–Trinajstić information content (AvgIpc) is 1.00. The Kier molecular flexibility index (Phi) is 7260. The standard InChI is InChI=1S/4ClH.Ir.5H3N/h4*1H;;5*1H3/q;;;;+4;;;;;/p-4. The van der Waals surface area contributed by atoms with Crippen LogP contribution in [-0.2, 0) is 17.9 Å². The topological polar surface area (TPSA) is 175 Å². The van der Waals surface area contributed by atoms with Crippen LogP contribution in [0.25, 0.3) is 0 Å². The van der Waals surface area contributed by atoms with E-state index < -0.39 is 0 Å². The van der Waals surface area contributed by atoms with Crippen LogP contribution < -0.4 is 68.0 Å². The van der Waals surface area contributed by atoms with Gasteiger partial charge in [0, 0.05) is 0 Å². The van der Waals surface area contributed by atoms with Gasteiger partial charge in [-0.1, -0.05) is 0 Å². The summed E-state index contributed by atoms with van der Waals surface area (Å²) in [6.07, 6.45) is 0. The fourth-order valence-electron chi connectivity index (χ4n) is 0. The first-order valence-corrected chi connectivity index (χ1v) is 3.09. The van der Waals surface area contributed by atoms with Crippen LogP contribution in [0.15, 0.2) is 0 Å². The Bertz CT molecular complexity index is 13.6. The molecule has 0 aromatic heterocycles. The van der Waals surface area contributed by atoms with Crippen LogP contribution in [-0.4, -0.2) is 0 Å². The van der Waals surface area contributed by atoms with Crippen LogP contribution in [0.5, 0.6) is 0 Å². The van der Waals surface area contributed by atoms with Gasteiger partial charge in [0.1, 0.15) is 0 Å². The van der Waals surface area contributed by atoms with Crippen molar-refractivity contribution in [2.45, 2.75) is 0 Å². The summed E-state index contributed by atoms with van der Waals surface area (Å²) >= 11 is 1.47. The molecule has 0 unspecified atom stereocenters. The van der Waals surface area contributed by atoms with Gasteiger partial charge in [-0.15, -0.1) is 0 Å². The second-order valence-electron chi connectivity index (χ2n) is 0. The van der Waals surface area contributed by atoms with Gasteiger partial charge in [0.2, 0.25) is 0 Å². The molecule has 77 valence electrons. The first-order chi connectivity index (χ1) is 1.00. The molecule has 0 aliphatic rings. The molecule has 10 heavy (non-hydrogen) atoms. The fraction of sp³-hybridized carbons (Fsp3) is 0. The predicted molar refractivity (Wildman–Crippen MR) is 31.0 cm³/mol. The minimum absolute atomic E-state index is 0. The third-order valence-corrected chi connectivity index (χ3v) is 0. The van der Waals surface area contributed by atoms with Crippen molar-refractivity contribution in [1.29, 1.82) is 0 Å². The normalized spacial score (nSPS) is 0.500. The van der Waals surface area contributed by atoms with Gasteiger partial charge in [0.05, 0.1) is 0 Å². The minimum atomic E-state index is 0. The van der Waals surface area contributed by atoms with Gasteiger partial charge in [-0.05, 0) is 0 Å². The van der Waals surface area contributed by atoms with Crippen molar-refractivity contribution < 1.29 is 55.1 Å². The molecular weight excluding hydrogens is 404 g/mol. The van der Waals surface area contributed by atoms with E-state index in [0.717, 1.165) is 0 Å². The van der Waals surface area contributed by atoms with E-state index in [1.165, 1.54) is 17.9 Å². The average molecular weight is 419 g/mol. The number of hydrogen-bond acceptors (Lipinski definition) is 5. The molecule has 10 heteroatoms. The number of rotatable bonds is 0. The Hall–Kier alpha value is 1.61. The monoisotopic (exact) mass is 418 g/mol. The summed E-state index contributed by atoms with van der Waals surface area (Å²) in [6, 6.07) is 0. The third kappa shape index (κ3) is 275. The first-order valence-electron chi connectivity index (χ1n) is 0.126. The molecule has 0 bridgehead atoms. The van der Waals surface area contributed by atoms with E-state index in [0.29, 0.717) is 0 Å². The first kappa shape index (κ1) is 192. The van der Waals surface area contributed by atoms with Crippen molar-refractivity contribution in [2.24, 2.45) is 0 Å². The van der Waals surface area contributed by atoms with Crippen LogP contribution in [0.4, 0.5) is 0 Å². The molecule has 0 heterocycles. The van der Waals surface area contributed by atoms with E-state index in [1.54, 1.807) is 0 Å². The van der Waals surface area contributed by atoms with Crippen molar-refractivity contribution in [2.75, 3.05) is 0 Å². The van der Waals surface area contributed by atoms with E-state index in [1.807, 2.05) is 0 Å². The van der Waals surface area contributed by atoms with Crippen LogP contribution in [0.3, 0.4) is 0 Å². The van der Waals surface area contributed by atoms with E-state index in [-0.39, 0.29) is 68.0 Å². The summed E-state index contributed by atoms with van der Waals surface area (Å²) < 4.78 is 0.